The molecular weight excluding hydrogens is 248 g/mol. The number of carbonyl (C=O) groups is 2. The molecule has 0 saturated carbocycles. The smallest absolute Gasteiger partial charge is 0.345 e. The van der Waals surface area contributed by atoms with E-state index in [4.69, 9.17) is 0 Å². The minimum absolute atomic E-state index is 0.0910. The van der Waals surface area contributed by atoms with Crippen LogP contribution in [0.25, 0.3) is 0 Å². The Kier molecular flexibility index (Phi) is 3.64. The number of aromatic nitrogens is 2. The van der Waals surface area contributed by atoms with Gasteiger partial charge in [-0.05, 0) is 13.8 Å². The molecule has 7 heteroatoms. The third-order valence-electron chi connectivity index (χ3n) is 3.17. The largest absolute Gasteiger partial charge is 0.353 e. The summed E-state index contributed by atoms with van der Waals surface area (Å²) in [7, 11) is 0. The van der Waals surface area contributed by atoms with Gasteiger partial charge in [-0.2, -0.15) is 4.98 Å². The van der Waals surface area contributed by atoms with Gasteiger partial charge in [0.05, 0.1) is 13.0 Å². The summed E-state index contributed by atoms with van der Waals surface area (Å²) in [6.45, 7) is 4.52. The molecule has 1 aliphatic rings. The molecule has 102 valence electrons. The van der Waals surface area contributed by atoms with Crippen LogP contribution in [0.5, 0.6) is 0 Å². The molecule has 1 aromatic heterocycles. The van der Waals surface area contributed by atoms with Crippen LogP contribution in [-0.2, 0) is 16.0 Å². The average Bonchev–Trinajstić information content (AvgIpc) is 2.33. The van der Waals surface area contributed by atoms with Gasteiger partial charge < -0.3 is 15.2 Å². The predicted octanol–water partition coefficient (Wildman–Crippen LogP) is -1.11. The molecule has 0 atom stereocenters. The number of amides is 2. The third-order valence-corrected chi connectivity index (χ3v) is 3.17. The van der Waals surface area contributed by atoms with Gasteiger partial charge in [0.1, 0.15) is 0 Å². The maximum absolute atomic E-state index is 12.1. The summed E-state index contributed by atoms with van der Waals surface area (Å²) in [4.78, 5) is 42.4. The number of piperazine rings is 1. The molecule has 19 heavy (non-hydrogen) atoms. The maximum Gasteiger partial charge on any atom is 0.345 e. The summed E-state index contributed by atoms with van der Waals surface area (Å²) in [5, 5.41) is 2.67. The topological polar surface area (TPSA) is 95.2 Å². The second-order valence-corrected chi connectivity index (χ2v) is 4.57. The molecule has 0 aromatic carbocycles. The zero-order valence-corrected chi connectivity index (χ0v) is 10.9. The summed E-state index contributed by atoms with van der Waals surface area (Å²) >= 11 is 0. The van der Waals surface area contributed by atoms with Crippen molar-refractivity contribution in [2.24, 2.45) is 0 Å². The molecular formula is C12H16N4O3. The van der Waals surface area contributed by atoms with Crippen LogP contribution in [0.4, 0.5) is 0 Å². The minimum Gasteiger partial charge on any atom is -0.353 e. The van der Waals surface area contributed by atoms with Gasteiger partial charge in [0.2, 0.25) is 11.8 Å². The lowest BCUT2D eigenvalue weighted by atomic mass is 10.1. The highest BCUT2D eigenvalue weighted by atomic mass is 16.2. The maximum atomic E-state index is 12.1. The van der Waals surface area contributed by atoms with Gasteiger partial charge in [-0.15, -0.1) is 0 Å². The van der Waals surface area contributed by atoms with Crippen LogP contribution >= 0.6 is 0 Å². The van der Waals surface area contributed by atoms with E-state index < -0.39 is 5.69 Å². The Morgan fingerprint density at radius 1 is 1.37 bits per heavy atom. The van der Waals surface area contributed by atoms with Crippen molar-refractivity contribution in [1.29, 1.82) is 0 Å². The quantitative estimate of drug-likeness (QED) is 0.708. The highest BCUT2D eigenvalue weighted by molar-refractivity contribution is 5.87. The van der Waals surface area contributed by atoms with E-state index in [9.17, 15) is 14.4 Å². The van der Waals surface area contributed by atoms with E-state index in [1.807, 2.05) is 0 Å². The number of hydrogen-bond donors (Lipinski definition) is 2. The molecule has 0 bridgehead atoms. The van der Waals surface area contributed by atoms with Crippen LogP contribution in [0, 0.1) is 13.8 Å². The molecule has 1 aromatic rings. The van der Waals surface area contributed by atoms with E-state index >= 15 is 0 Å². The first kappa shape index (κ1) is 13.3. The predicted molar refractivity (Wildman–Crippen MR) is 67.6 cm³/mol. The van der Waals surface area contributed by atoms with Gasteiger partial charge in [0, 0.05) is 30.0 Å². The monoisotopic (exact) mass is 264 g/mol. The first-order chi connectivity index (χ1) is 8.97. The number of carbonyl (C=O) groups excluding carboxylic acids is 2. The standard InChI is InChI=1S/C12H16N4O3/c1-7-9(8(2)15-12(19)14-7)5-11(18)16-4-3-13-10(17)6-16/h3-6H2,1-2H3,(H,13,17)(H,14,15,19). The Bertz CT molecular complexity index is 553. The molecule has 2 N–H and O–H groups in total. The Hall–Kier alpha value is -2.18. The molecule has 0 unspecified atom stereocenters. The molecule has 2 heterocycles. The van der Waals surface area contributed by atoms with Crippen molar-refractivity contribution in [1.82, 2.24) is 20.2 Å². The van der Waals surface area contributed by atoms with Gasteiger partial charge in [-0.25, -0.2) is 4.79 Å². The number of aromatic amines is 1. The SMILES string of the molecule is Cc1nc(=O)[nH]c(C)c1CC(=O)N1CCNC(=O)C1. The molecule has 1 fully saturated rings. The first-order valence-corrected chi connectivity index (χ1v) is 6.08. The van der Waals surface area contributed by atoms with Crippen LogP contribution in [0.3, 0.4) is 0 Å². The normalized spacial score (nSPS) is 15.3. The molecule has 1 aliphatic heterocycles. The van der Waals surface area contributed by atoms with Gasteiger partial charge in [0.15, 0.2) is 0 Å². The fourth-order valence-electron chi connectivity index (χ4n) is 2.13. The number of rotatable bonds is 2. The number of aryl methyl sites for hydroxylation is 2. The van der Waals surface area contributed by atoms with Crippen molar-refractivity contribution in [2.45, 2.75) is 20.3 Å². The van der Waals surface area contributed by atoms with Crippen LogP contribution in [0.15, 0.2) is 4.79 Å². The molecule has 0 radical (unpaired) electrons. The van der Waals surface area contributed by atoms with Crippen molar-refractivity contribution in [3.63, 3.8) is 0 Å². The summed E-state index contributed by atoms with van der Waals surface area (Å²) in [6.07, 6.45) is 0.148. The van der Waals surface area contributed by atoms with Crippen LogP contribution in [-0.4, -0.2) is 46.3 Å². The number of hydrogen-bond acceptors (Lipinski definition) is 4. The van der Waals surface area contributed by atoms with Crippen molar-refractivity contribution in [3.8, 4) is 0 Å². The van der Waals surface area contributed by atoms with Gasteiger partial charge in [0.25, 0.3) is 0 Å². The first-order valence-electron chi connectivity index (χ1n) is 6.08. The molecule has 1 saturated heterocycles. The molecule has 2 amide bonds. The molecule has 7 nitrogen and oxygen atoms in total. The lowest BCUT2D eigenvalue weighted by molar-refractivity contribution is -0.137. The number of nitrogens with one attached hydrogen (secondary N) is 2. The van der Waals surface area contributed by atoms with E-state index in [1.54, 1.807) is 13.8 Å². The van der Waals surface area contributed by atoms with Gasteiger partial charge in [-0.1, -0.05) is 0 Å². The second kappa shape index (κ2) is 5.21. The summed E-state index contributed by atoms with van der Waals surface area (Å²) in [5.41, 5.74) is 1.50. The highest BCUT2D eigenvalue weighted by Gasteiger charge is 2.22. The zero-order valence-electron chi connectivity index (χ0n) is 10.9. The van der Waals surface area contributed by atoms with Crippen molar-refractivity contribution >= 4 is 11.8 Å². The molecule has 0 spiro atoms. The Balaban J connectivity index is 2.15. The highest BCUT2D eigenvalue weighted by Crippen LogP contribution is 2.10. The van der Waals surface area contributed by atoms with Crippen molar-refractivity contribution in [2.75, 3.05) is 19.6 Å². The fourth-order valence-corrected chi connectivity index (χ4v) is 2.13. The lowest BCUT2D eigenvalue weighted by Gasteiger charge is -2.27. The van der Waals surface area contributed by atoms with Crippen LogP contribution in [0.1, 0.15) is 17.0 Å². The molecule has 2 rings (SSSR count). The van der Waals surface area contributed by atoms with Crippen molar-refractivity contribution in [3.05, 3.63) is 27.4 Å². The van der Waals surface area contributed by atoms with E-state index in [-0.39, 0.29) is 24.8 Å². The van der Waals surface area contributed by atoms with E-state index in [0.717, 1.165) is 5.56 Å². The van der Waals surface area contributed by atoms with E-state index in [2.05, 4.69) is 15.3 Å². The fraction of sp³-hybridized carbons (Fsp3) is 0.500. The lowest BCUT2D eigenvalue weighted by Crippen LogP contribution is -2.50. The van der Waals surface area contributed by atoms with E-state index in [1.165, 1.54) is 4.90 Å². The Morgan fingerprint density at radius 3 is 2.74 bits per heavy atom. The van der Waals surface area contributed by atoms with Gasteiger partial charge in [-0.3, -0.25) is 9.59 Å². The minimum atomic E-state index is -0.413. The van der Waals surface area contributed by atoms with Gasteiger partial charge >= 0.3 is 5.69 Å². The average molecular weight is 264 g/mol. The van der Waals surface area contributed by atoms with Crippen LogP contribution in [0.2, 0.25) is 0 Å². The van der Waals surface area contributed by atoms with E-state index in [0.29, 0.717) is 24.5 Å². The zero-order chi connectivity index (χ0) is 14.0. The summed E-state index contributed by atoms with van der Waals surface area (Å²) in [5.74, 6) is -0.275. The Labute approximate surface area is 110 Å². The number of nitrogens with zero attached hydrogens (tertiary/aromatic N) is 2. The Morgan fingerprint density at radius 2 is 2.11 bits per heavy atom. The third kappa shape index (κ3) is 2.98. The summed E-state index contributed by atoms with van der Waals surface area (Å²) in [6, 6.07) is 0. The number of H-pyrrole nitrogens is 1. The molecule has 0 aliphatic carbocycles. The summed E-state index contributed by atoms with van der Waals surface area (Å²) < 4.78 is 0. The van der Waals surface area contributed by atoms with Crippen molar-refractivity contribution < 1.29 is 9.59 Å². The van der Waals surface area contributed by atoms with Crippen LogP contribution < -0.4 is 11.0 Å². The second-order valence-electron chi connectivity index (χ2n) is 4.57.